The van der Waals surface area contributed by atoms with E-state index < -0.39 is 0 Å². The number of piperidine rings is 1. The zero-order valence-electron chi connectivity index (χ0n) is 12.4. The molecule has 2 rings (SSSR count). The van der Waals surface area contributed by atoms with E-state index in [1.807, 2.05) is 11.9 Å². The normalized spacial score (nSPS) is 32.0. The van der Waals surface area contributed by atoms with E-state index in [0.717, 1.165) is 58.3 Å². The average molecular weight is 268 g/mol. The molecule has 2 aliphatic rings. The van der Waals surface area contributed by atoms with E-state index in [4.69, 9.17) is 4.74 Å². The maximum Gasteiger partial charge on any atom is 0.229 e. The Balaban J connectivity index is 1.92. The summed E-state index contributed by atoms with van der Waals surface area (Å²) in [4.78, 5) is 14.7. The van der Waals surface area contributed by atoms with E-state index in [9.17, 15) is 4.79 Å². The van der Waals surface area contributed by atoms with Crippen molar-refractivity contribution in [2.75, 3.05) is 33.3 Å². The van der Waals surface area contributed by atoms with Crippen molar-refractivity contribution < 1.29 is 9.53 Å². The molecule has 110 valence electrons. The lowest BCUT2D eigenvalue weighted by Gasteiger charge is -2.39. The number of ether oxygens (including phenoxy) is 1. The summed E-state index contributed by atoms with van der Waals surface area (Å²) < 4.78 is 5.74. The van der Waals surface area contributed by atoms with Crippen molar-refractivity contribution in [2.45, 2.75) is 51.6 Å². The number of amides is 1. The van der Waals surface area contributed by atoms with E-state index in [1.165, 1.54) is 6.42 Å². The molecule has 2 fully saturated rings. The number of carbonyl (C=O) groups is 1. The van der Waals surface area contributed by atoms with Crippen molar-refractivity contribution in [1.82, 2.24) is 10.2 Å². The molecule has 1 N–H and O–H groups in total. The Hall–Kier alpha value is -0.610. The topological polar surface area (TPSA) is 41.6 Å². The van der Waals surface area contributed by atoms with Crippen molar-refractivity contribution in [1.29, 1.82) is 0 Å². The van der Waals surface area contributed by atoms with Crippen molar-refractivity contribution in [3.63, 3.8) is 0 Å². The molecule has 19 heavy (non-hydrogen) atoms. The highest BCUT2D eigenvalue weighted by atomic mass is 16.5. The van der Waals surface area contributed by atoms with Gasteiger partial charge in [0.2, 0.25) is 5.91 Å². The van der Waals surface area contributed by atoms with Crippen LogP contribution in [0.2, 0.25) is 0 Å². The molecule has 0 aromatic heterocycles. The van der Waals surface area contributed by atoms with E-state index in [-0.39, 0.29) is 11.5 Å². The second-order valence-corrected chi connectivity index (χ2v) is 6.09. The summed E-state index contributed by atoms with van der Waals surface area (Å²) in [6.07, 6.45) is 6.78. The lowest BCUT2D eigenvalue weighted by molar-refractivity contribution is -0.144. The minimum Gasteiger partial charge on any atom is -0.376 e. The summed E-state index contributed by atoms with van der Waals surface area (Å²) in [5.41, 5.74) is -0.179. The van der Waals surface area contributed by atoms with E-state index in [1.54, 1.807) is 0 Å². The number of likely N-dealkylation sites (N-methyl/N-ethyl adjacent to an activating group) is 1. The second-order valence-electron chi connectivity index (χ2n) is 6.09. The lowest BCUT2D eigenvalue weighted by Crippen LogP contribution is -2.52. The predicted octanol–water partition coefficient (Wildman–Crippen LogP) is 1.79. The predicted molar refractivity (Wildman–Crippen MR) is 76.1 cm³/mol. The smallest absolute Gasteiger partial charge is 0.229 e. The zero-order chi connectivity index (χ0) is 13.7. The van der Waals surface area contributed by atoms with Gasteiger partial charge >= 0.3 is 0 Å². The standard InChI is InChI=1S/C15H28N2O2/c1-3-15(8-6-9-16-12-15)14(18)17(2)11-13-7-4-5-10-19-13/h13,16H,3-12H2,1-2H3. The fourth-order valence-electron chi connectivity index (χ4n) is 3.35. The molecule has 0 bridgehead atoms. The van der Waals surface area contributed by atoms with Gasteiger partial charge in [-0.1, -0.05) is 6.92 Å². The largest absolute Gasteiger partial charge is 0.376 e. The molecule has 0 saturated carbocycles. The summed E-state index contributed by atoms with van der Waals surface area (Å²) >= 11 is 0. The average Bonchev–Trinajstić information content (AvgIpc) is 2.48. The summed E-state index contributed by atoms with van der Waals surface area (Å²) in [5, 5.41) is 3.39. The number of carbonyl (C=O) groups excluding carboxylic acids is 1. The molecular weight excluding hydrogens is 240 g/mol. The van der Waals surface area contributed by atoms with Crippen LogP contribution < -0.4 is 5.32 Å². The van der Waals surface area contributed by atoms with Crippen LogP contribution in [0.5, 0.6) is 0 Å². The highest BCUT2D eigenvalue weighted by Gasteiger charge is 2.40. The second kappa shape index (κ2) is 6.71. The SMILES string of the molecule is CCC1(C(=O)N(C)CC2CCCCO2)CCCNC1. The summed E-state index contributed by atoms with van der Waals surface area (Å²) in [6.45, 7) is 5.62. The summed E-state index contributed by atoms with van der Waals surface area (Å²) in [5.74, 6) is 0.302. The van der Waals surface area contributed by atoms with Crippen molar-refractivity contribution >= 4 is 5.91 Å². The molecule has 0 aromatic rings. The van der Waals surface area contributed by atoms with E-state index in [2.05, 4.69) is 12.2 Å². The molecule has 2 atom stereocenters. The van der Waals surface area contributed by atoms with Gasteiger partial charge in [0.25, 0.3) is 0 Å². The van der Waals surface area contributed by atoms with Gasteiger partial charge in [-0.15, -0.1) is 0 Å². The first-order chi connectivity index (χ1) is 9.18. The van der Waals surface area contributed by atoms with Crippen LogP contribution in [0, 0.1) is 5.41 Å². The maximum absolute atomic E-state index is 12.8. The molecule has 2 unspecified atom stereocenters. The van der Waals surface area contributed by atoms with Gasteiger partial charge < -0.3 is 15.0 Å². The van der Waals surface area contributed by atoms with Crippen LogP contribution in [0.3, 0.4) is 0 Å². The Kier molecular flexibility index (Phi) is 5.22. The minimum atomic E-state index is -0.179. The summed E-state index contributed by atoms with van der Waals surface area (Å²) in [6, 6.07) is 0. The molecule has 2 heterocycles. The highest BCUT2D eigenvalue weighted by Crippen LogP contribution is 2.32. The monoisotopic (exact) mass is 268 g/mol. The van der Waals surface area contributed by atoms with Crippen molar-refractivity contribution in [3.05, 3.63) is 0 Å². The third-order valence-corrected chi connectivity index (χ3v) is 4.70. The van der Waals surface area contributed by atoms with Crippen molar-refractivity contribution in [3.8, 4) is 0 Å². The molecule has 0 aromatic carbocycles. The van der Waals surface area contributed by atoms with Gasteiger partial charge in [-0.3, -0.25) is 4.79 Å². The van der Waals surface area contributed by atoms with Gasteiger partial charge in [0, 0.05) is 26.7 Å². The number of rotatable bonds is 4. The summed E-state index contributed by atoms with van der Waals surface area (Å²) in [7, 11) is 1.94. The van der Waals surface area contributed by atoms with Gasteiger partial charge in [0.05, 0.1) is 11.5 Å². The Bertz CT molecular complexity index is 295. The molecule has 2 saturated heterocycles. The Labute approximate surface area is 116 Å². The zero-order valence-corrected chi connectivity index (χ0v) is 12.4. The van der Waals surface area contributed by atoms with Crippen LogP contribution in [0.1, 0.15) is 45.4 Å². The first-order valence-corrected chi connectivity index (χ1v) is 7.76. The molecule has 1 amide bonds. The highest BCUT2D eigenvalue weighted by molar-refractivity contribution is 5.83. The molecule has 0 radical (unpaired) electrons. The third kappa shape index (κ3) is 3.48. The fraction of sp³-hybridized carbons (Fsp3) is 0.933. The molecule has 0 spiro atoms. The van der Waals surface area contributed by atoms with Crippen molar-refractivity contribution in [2.24, 2.45) is 5.41 Å². The Morgan fingerprint density at radius 1 is 1.42 bits per heavy atom. The van der Waals surface area contributed by atoms with Gasteiger partial charge in [-0.25, -0.2) is 0 Å². The minimum absolute atomic E-state index is 0.179. The molecule has 2 aliphatic heterocycles. The number of hydrogen-bond acceptors (Lipinski definition) is 3. The first kappa shape index (κ1) is 14.8. The van der Waals surface area contributed by atoms with Crippen LogP contribution in [0.4, 0.5) is 0 Å². The molecule has 4 heteroatoms. The Morgan fingerprint density at radius 3 is 2.84 bits per heavy atom. The van der Waals surface area contributed by atoms with Gasteiger partial charge in [-0.05, 0) is 45.1 Å². The molecular formula is C15H28N2O2. The van der Waals surface area contributed by atoms with Crippen LogP contribution in [0.25, 0.3) is 0 Å². The van der Waals surface area contributed by atoms with Gasteiger partial charge in [0.1, 0.15) is 0 Å². The number of hydrogen-bond donors (Lipinski definition) is 1. The molecule has 0 aliphatic carbocycles. The molecule has 4 nitrogen and oxygen atoms in total. The number of nitrogens with zero attached hydrogens (tertiary/aromatic N) is 1. The van der Waals surface area contributed by atoms with E-state index >= 15 is 0 Å². The quantitative estimate of drug-likeness (QED) is 0.845. The maximum atomic E-state index is 12.8. The van der Waals surface area contributed by atoms with Crippen LogP contribution in [-0.4, -0.2) is 50.2 Å². The van der Waals surface area contributed by atoms with Gasteiger partial charge in [0.15, 0.2) is 0 Å². The lowest BCUT2D eigenvalue weighted by atomic mass is 9.77. The first-order valence-electron chi connectivity index (χ1n) is 7.76. The van der Waals surface area contributed by atoms with Gasteiger partial charge in [-0.2, -0.15) is 0 Å². The Morgan fingerprint density at radius 2 is 2.26 bits per heavy atom. The van der Waals surface area contributed by atoms with Crippen LogP contribution in [0.15, 0.2) is 0 Å². The third-order valence-electron chi connectivity index (χ3n) is 4.70. The fourth-order valence-corrected chi connectivity index (χ4v) is 3.35. The van der Waals surface area contributed by atoms with Crippen LogP contribution >= 0.6 is 0 Å². The number of nitrogens with one attached hydrogen (secondary N) is 1. The van der Waals surface area contributed by atoms with E-state index in [0.29, 0.717) is 5.91 Å². The van der Waals surface area contributed by atoms with Crippen LogP contribution in [-0.2, 0) is 9.53 Å².